The summed E-state index contributed by atoms with van der Waals surface area (Å²) in [4.78, 5) is 28.3. The molecule has 1 aliphatic rings. The molecule has 2 heterocycles. The molecule has 0 unspecified atom stereocenters. The predicted molar refractivity (Wildman–Crippen MR) is 93.0 cm³/mol. The number of nitrogens with one attached hydrogen (secondary N) is 1. The molecule has 8 nitrogen and oxygen atoms in total. The van der Waals surface area contributed by atoms with Crippen molar-refractivity contribution in [2.45, 2.75) is 18.9 Å². The number of hydrogen-bond donors (Lipinski definition) is 1. The molecule has 0 bridgehead atoms. The summed E-state index contributed by atoms with van der Waals surface area (Å²) >= 11 is 5.26. The lowest BCUT2D eigenvalue weighted by molar-refractivity contribution is -0.140. The molecule has 0 radical (unpaired) electrons. The summed E-state index contributed by atoms with van der Waals surface area (Å²) in [6.45, 7) is 0. The van der Waals surface area contributed by atoms with Crippen molar-refractivity contribution in [3.05, 3.63) is 16.9 Å². The Labute approximate surface area is 148 Å². The molecule has 0 aliphatic carbocycles. The molecule has 0 spiro atoms. The summed E-state index contributed by atoms with van der Waals surface area (Å²) in [7, 11) is 4.38. The van der Waals surface area contributed by atoms with Gasteiger partial charge in [0.2, 0.25) is 4.77 Å². The Morgan fingerprint density at radius 3 is 2.60 bits per heavy atom. The van der Waals surface area contributed by atoms with Crippen molar-refractivity contribution >= 4 is 40.8 Å². The van der Waals surface area contributed by atoms with Gasteiger partial charge >= 0.3 is 5.97 Å². The molecular weight excluding hydrogens is 346 g/mol. The predicted octanol–water partition coefficient (Wildman–Crippen LogP) is 2.17. The summed E-state index contributed by atoms with van der Waals surface area (Å²) in [6.07, 6.45) is 0.431. The summed E-state index contributed by atoms with van der Waals surface area (Å²) in [5, 5.41) is 3.82. The smallest absolute Gasteiger partial charge is 0.305 e. The van der Waals surface area contributed by atoms with Gasteiger partial charge in [0.25, 0.3) is 5.91 Å². The number of anilines is 1. The molecule has 132 valence electrons. The molecule has 0 saturated heterocycles. The van der Waals surface area contributed by atoms with E-state index in [1.807, 2.05) is 0 Å². The van der Waals surface area contributed by atoms with Gasteiger partial charge in [0.1, 0.15) is 11.9 Å². The van der Waals surface area contributed by atoms with Crippen LogP contribution in [0, 0.1) is 4.77 Å². The van der Waals surface area contributed by atoms with Crippen LogP contribution in [0.3, 0.4) is 0 Å². The van der Waals surface area contributed by atoms with Crippen molar-refractivity contribution in [1.29, 1.82) is 0 Å². The van der Waals surface area contributed by atoms with E-state index in [2.05, 4.69) is 15.0 Å². The monoisotopic (exact) mass is 363 g/mol. The zero-order valence-corrected chi connectivity index (χ0v) is 14.8. The van der Waals surface area contributed by atoms with Gasteiger partial charge in [-0.25, -0.2) is 9.55 Å². The zero-order chi connectivity index (χ0) is 18.1. The van der Waals surface area contributed by atoms with Crippen LogP contribution in [0.5, 0.6) is 11.5 Å². The van der Waals surface area contributed by atoms with Crippen molar-refractivity contribution in [3.63, 3.8) is 0 Å². The van der Waals surface area contributed by atoms with E-state index in [-0.39, 0.29) is 23.1 Å². The third kappa shape index (κ3) is 2.91. The van der Waals surface area contributed by atoms with Gasteiger partial charge in [-0.05, 0) is 24.7 Å². The minimum absolute atomic E-state index is 0.129. The molecule has 0 saturated carbocycles. The molecule has 3 rings (SSSR count). The molecule has 1 aromatic heterocycles. The van der Waals surface area contributed by atoms with Crippen LogP contribution in [0.25, 0.3) is 10.9 Å². The van der Waals surface area contributed by atoms with Gasteiger partial charge < -0.3 is 19.5 Å². The van der Waals surface area contributed by atoms with E-state index in [1.54, 1.807) is 12.1 Å². The number of benzene rings is 1. The van der Waals surface area contributed by atoms with E-state index in [9.17, 15) is 9.59 Å². The van der Waals surface area contributed by atoms with Crippen molar-refractivity contribution in [2.24, 2.45) is 0 Å². The fraction of sp³-hybridized carbons (Fsp3) is 0.375. The molecule has 1 atom stereocenters. The molecule has 2 aromatic rings. The summed E-state index contributed by atoms with van der Waals surface area (Å²) < 4.78 is 16.7. The van der Waals surface area contributed by atoms with Gasteiger partial charge in [-0.2, -0.15) is 0 Å². The molecule has 0 amide bonds. The maximum atomic E-state index is 12.6. The highest BCUT2D eigenvalue weighted by Crippen LogP contribution is 2.36. The Bertz CT molecular complexity index is 924. The number of nitrogens with zero attached hydrogens (tertiary/aromatic N) is 2. The van der Waals surface area contributed by atoms with Crippen LogP contribution in [0.1, 0.15) is 17.6 Å². The Hall–Kier alpha value is -2.68. The standard InChI is InChI=1S/C16H17N3O5S/c1-22-11-6-8-10(7-12(11)23-2)18-16(25)19-14(8)17-9(15(19)21)4-5-13(20)24-3/h6-7,9,17H,4-5H2,1-3H3/t9-/m1/s1. The first-order valence-corrected chi connectivity index (χ1v) is 7.97. The van der Waals surface area contributed by atoms with Crippen molar-refractivity contribution < 1.29 is 23.8 Å². The molecular formula is C16H17N3O5S. The van der Waals surface area contributed by atoms with Crippen LogP contribution < -0.4 is 14.8 Å². The topological polar surface area (TPSA) is 91.7 Å². The molecule has 1 aliphatic heterocycles. The minimum atomic E-state index is -0.568. The Morgan fingerprint density at radius 2 is 1.96 bits per heavy atom. The van der Waals surface area contributed by atoms with E-state index in [4.69, 9.17) is 21.7 Å². The SMILES string of the molecule is COC(=O)CC[C@H]1Nc2c3cc(OC)c(OC)cc3nc(=S)n2C1=O. The minimum Gasteiger partial charge on any atom is -0.493 e. The number of carbonyl (C=O) groups is 2. The summed E-state index contributed by atoms with van der Waals surface area (Å²) in [6, 6.07) is 2.88. The van der Waals surface area contributed by atoms with E-state index < -0.39 is 6.04 Å². The van der Waals surface area contributed by atoms with Crippen molar-refractivity contribution in [1.82, 2.24) is 9.55 Å². The largest absolute Gasteiger partial charge is 0.493 e. The first kappa shape index (κ1) is 17.2. The lowest BCUT2D eigenvalue weighted by atomic mass is 10.1. The highest BCUT2D eigenvalue weighted by molar-refractivity contribution is 7.71. The second-order valence-corrected chi connectivity index (χ2v) is 5.82. The van der Waals surface area contributed by atoms with E-state index in [0.717, 1.165) is 0 Å². The molecule has 25 heavy (non-hydrogen) atoms. The Kier molecular flexibility index (Phi) is 4.58. The first-order chi connectivity index (χ1) is 12.0. The maximum absolute atomic E-state index is 12.6. The number of fused-ring (bicyclic) bond motifs is 3. The van der Waals surface area contributed by atoms with E-state index in [1.165, 1.54) is 25.9 Å². The third-order valence-electron chi connectivity index (χ3n) is 4.08. The number of ether oxygens (including phenoxy) is 3. The number of esters is 1. The lowest BCUT2D eigenvalue weighted by Crippen LogP contribution is -2.25. The van der Waals surface area contributed by atoms with Crippen molar-refractivity contribution in [3.8, 4) is 11.5 Å². The second-order valence-electron chi connectivity index (χ2n) is 5.45. The van der Waals surface area contributed by atoms with Crippen LogP contribution in [0.15, 0.2) is 12.1 Å². The van der Waals surface area contributed by atoms with Crippen LogP contribution in [0.4, 0.5) is 5.82 Å². The van der Waals surface area contributed by atoms with Crippen LogP contribution >= 0.6 is 12.2 Å². The van der Waals surface area contributed by atoms with Gasteiger partial charge in [0, 0.05) is 17.9 Å². The summed E-state index contributed by atoms with van der Waals surface area (Å²) in [5.74, 6) is 0.963. The highest BCUT2D eigenvalue weighted by atomic mass is 32.1. The number of rotatable bonds is 5. The molecule has 9 heteroatoms. The van der Waals surface area contributed by atoms with Gasteiger partial charge in [-0.3, -0.25) is 9.59 Å². The number of carbonyl (C=O) groups excluding carboxylic acids is 2. The van der Waals surface area contributed by atoms with Gasteiger partial charge in [0.15, 0.2) is 11.5 Å². The average molecular weight is 363 g/mol. The quantitative estimate of drug-likeness (QED) is 0.638. The Morgan fingerprint density at radius 1 is 1.28 bits per heavy atom. The van der Waals surface area contributed by atoms with E-state index in [0.29, 0.717) is 34.6 Å². The number of hydrogen-bond acceptors (Lipinski definition) is 8. The lowest BCUT2D eigenvalue weighted by Gasteiger charge is -2.11. The molecule has 1 aromatic carbocycles. The van der Waals surface area contributed by atoms with E-state index >= 15 is 0 Å². The second kappa shape index (κ2) is 6.67. The number of methoxy groups -OCH3 is 3. The van der Waals surface area contributed by atoms with Gasteiger partial charge in [-0.15, -0.1) is 0 Å². The van der Waals surface area contributed by atoms with Crippen LogP contribution in [-0.2, 0) is 9.53 Å². The van der Waals surface area contributed by atoms with Crippen molar-refractivity contribution in [2.75, 3.05) is 26.6 Å². The zero-order valence-electron chi connectivity index (χ0n) is 14.0. The maximum Gasteiger partial charge on any atom is 0.305 e. The average Bonchev–Trinajstić information content (AvgIpc) is 2.96. The van der Waals surface area contributed by atoms with Crippen LogP contribution in [0.2, 0.25) is 0 Å². The first-order valence-electron chi connectivity index (χ1n) is 7.56. The molecule has 1 N–H and O–H groups in total. The van der Waals surface area contributed by atoms with Gasteiger partial charge in [0.05, 0.1) is 26.8 Å². The normalized spacial score (nSPS) is 15.6. The third-order valence-corrected chi connectivity index (χ3v) is 4.36. The van der Waals surface area contributed by atoms with Crippen LogP contribution in [-0.4, -0.2) is 48.8 Å². The Balaban J connectivity index is 2.07. The fourth-order valence-corrected chi connectivity index (χ4v) is 3.09. The number of aromatic nitrogens is 2. The highest BCUT2D eigenvalue weighted by Gasteiger charge is 2.32. The summed E-state index contributed by atoms with van der Waals surface area (Å²) in [5.41, 5.74) is 0.586. The molecule has 0 fully saturated rings. The van der Waals surface area contributed by atoms with Gasteiger partial charge in [-0.1, -0.05) is 0 Å². The fourth-order valence-electron chi connectivity index (χ4n) is 2.81.